The number of hydrogen-bond acceptors (Lipinski definition) is 4. The van der Waals surface area contributed by atoms with Crippen LogP contribution in [0.1, 0.15) is 19.4 Å². The van der Waals surface area contributed by atoms with Crippen molar-refractivity contribution in [2.75, 3.05) is 23.4 Å². The van der Waals surface area contributed by atoms with E-state index in [4.69, 9.17) is 4.74 Å². The number of nitro benzene ring substituents is 1. The predicted octanol–water partition coefficient (Wildman–Crippen LogP) is 6.14. The molecule has 7 nitrogen and oxygen atoms in total. The first kappa shape index (κ1) is 22.6. The number of carbonyl (C=O) groups is 1. The first-order chi connectivity index (χ1) is 15.5. The molecule has 164 valence electrons. The number of rotatable bonds is 8. The largest absolute Gasteiger partial charge is 0.494 e. The molecule has 1 N–H and O–H groups in total. The maximum Gasteiger partial charge on any atom is 0.326 e. The molecule has 3 aromatic rings. The standard InChI is InChI=1S/C25H25N3O4/c1-3-32-24-15-13-22(14-16-24)27(18-19(2)17-20-7-5-4-6-8-20)25(29)26-21-9-11-23(12-10-21)28(30)31/h4-17H,3,18H2,1-2H3,(H,26,29)/b19-17+. The molecule has 32 heavy (non-hydrogen) atoms. The molecule has 0 fully saturated rings. The fourth-order valence-electron chi connectivity index (χ4n) is 3.16. The van der Waals surface area contributed by atoms with E-state index < -0.39 is 4.92 Å². The molecule has 0 aliphatic heterocycles. The van der Waals surface area contributed by atoms with Gasteiger partial charge in [-0.25, -0.2) is 4.79 Å². The zero-order chi connectivity index (χ0) is 22.9. The van der Waals surface area contributed by atoms with Gasteiger partial charge in [-0.2, -0.15) is 0 Å². The number of hydrogen-bond donors (Lipinski definition) is 1. The average Bonchev–Trinajstić information content (AvgIpc) is 2.79. The second kappa shape index (κ2) is 10.8. The fraction of sp³-hybridized carbons (Fsp3) is 0.160. The van der Waals surface area contributed by atoms with Crippen LogP contribution in [0.4, 0.5) is 21.9 Å². The fourth-order valence-corrected chi connectivity index (χ4v) is 3.16. The number of non-ortho nitro benzene ring substituents is 1. The van der Waals surface area contributed by atoms with Crippen molar-refractivity contribution >= 4 is 29.2 Å². The van der Waals surface area contributed by atoms with E-state index in [1.165, 1.54) is 24.3 Å². The Kier molecular flexibility index (Phi) is 7.59. The van der Waals surface area contributed by atoms with Gasteiger partial charge in [0, 0.05) is 30.1 Å². The lowest BCUT2D eigenvalue weighted by Gasteiger charge is -2.24. The monoisotopic (exact) mass is 431 g/mol. The van der Waals surface area contributed by atoms with Gasteiger partial charge in [-0.15, -0.1) is 0 Å². The summed E-state index contributed by atoms with van der Waals surface area (Å²) in [6.07, 6.45) is 2.03. The molecule has 0 saturated carbocycles. The Balaban J connectivity index is 1.84. The molecule has 0 aliphatic rings. The molecular formula is C25H25N3O4. The normalized spacial score (nSPS) is 11.0. The number of ether oxygens (including phenoxy) is 1. The van der Waals surface area contributed by atoms with E-state index in [-0.39, 0.29) is 11.7 Å². The van der Waals surface area contributed by atoms with E-state index in [9.17, 15) is 14.9 Å². The van der Waals surface area contributed by atoms with Gasteiger partial charge in [-0.3, -0.25) is 15.0 Å². The van der Waals surface area contributed by atoms with Crippen LogP contribution in [0.25, 0.3) is 6.08 Å². The third-order valence-corrected chi connectivity index (χ3v) is 4.65. The van der Waals surface area contributed by atoms with Crippen LogP contribution >= 0.6 is 0 Å². The summed E-state index contributed by atoms with van der Waals surface area (Å²) in [6.45, 7) is 4.80. The van der Waals surface area contributed by atoms with Crippen molar-refractivity contribution in [2.45, 2.75) is 13.8 Å². The molecule has 0 aromatic heterocycles. The van der Waals surface area contributed by atoms with Crippen LogP contribution in [-0.4, -0.2) is 24.1 Å². The Labute approximate surface area is 187 Å². The van der Waals surface area contributed by atoms with Crippen LogP contribution in [0.5, 0.6) is 5.75 Å². The Morgan fingerprint density at radius 1 is 1.03 bits per heavy atom. The van der Waals surface area contributed by atoms with E-state index in [2.05, 4.69) is 5.32 Å². The van der Waals surface area contributed by atoms with Gasteiger partial charge < -0.3 is 10.1 Å². The topological polar surface area (TPSA) is 84.7 Å². The van der Waals surface area contributed by atoms with Crippen molar-refractivity contribution < 1.29 is 14.5 Å². The summed E-state index contributed by atoms with van der Waals surface area (Å²) in [5.74, 6) is 0.725. The van der Waals surface area contributed by atoms with Gasteiger partial charge in [0.1, 0.15) is 5.75 Å². The van der Waals surface area contributed by atoms with Crippen molar-refractivity contribution in [2.24, 2.45) is 0 Å². The van der Waals surface area contributed by atoms with Gasteiger partial charge in [-0.1, -0.05) is 42.0 Å². The molecule has 0 saturated heterocycles. The van der Waals surface area contributed by atoms with Crippen molar-refractivity contribution in [1.29, 1.82) is 0 Å². The van der Waals surface area contributed by atoms with Crippen molar-refractivity contribution in [1.82, 2.24) is 0 Å². The Morgan fingerprint density at radius 2 is 1.69 bits per heavy atom. The lowest BCUT2D eigenvalue weighted by atomic mass is 10.1. The second-order valence-electron chi connectivity index (χ2n) is 7.15. The van der Waals surface area contributed by atoms with Gasteiger partial charge in [-0.05, 0) is 55.8 Å². The highest BCUT2D eigenvalue weighted by Gasteiger charge is 2.17. The van der Waals surface area contributed by atoms with E-state index in [0.29, 0.717) is 24.5 Å². The van der Waals surface area contributed by atoms with E-state index in [0.717, 1.165) is 16.9 Å². The van der Waals surface area contributed by atoms with Crippen LogP contribution in [0, 0.1) is 10.1 Å². The number of nitrogens with one attached hydrogen (secondary N) is 1. The zero-order valence-electron chi connectivity index (χ0n) is 18.0. The SMILES string of the molecule is CCOc1ccc(N(C/C(C)=C/c2ccccc2)C(=O)Nc2ccc([N+](=O)[O-])cc2)cc1. The van der Waals surface area contributed by atoms with Crippen molar-refractivity contribution in [3.63, 3.8) is 0 Å². The molecule has 3 aromatic carbocycles. The number of urea groups is 1. The van der Waals surface area contributed by atoms with Gasteiger partial charge in [0.2, 0.25) is 0 Å². The average molecular weight is 431 g/mol. The first-order valence-corrected chi connectivity index (χ1v) is 10.2. The number of anilines is 2. The highest BCUT2D eigenvalue weighted by atomic mass is 16.6. The van der Waals surface area contributed by atoms with E-state index in [1.54, 1.807) is 4.90 Å². The highest BCUT2D eigenvalue weighted by molar-refractivity contribution is 6.02. The summed E-state index contributed by atoms with van der Waals surface area (Å²) in [4.78, 5) is 25.2. The summed E-state index contributed by atoms with van der Waals surface area (Å²) in [7, 11) is 0. The minimum atomic E-state index is -0.477. The maximum atomic E-state index is 13.2. The number of carbonyl (C=O) groups excluding carboxylic acids is 1. The summed E-state index contributed by atoms with van der Waals surface area (Å²) in [6, 6.07) is 22.6. The molecule has 0 atom stereocenters. The molecule has 0 heterocycles. The summed E-state index contributed by atoms with van der Waals surface area (Å²) >= 11 is 0. The van der Waals surface area contributed by atoms with Crippen LogP contribution in [0.15, 0.2) is 84.4 Å². The van der Waals surface area contributed by atoms with Gasteiger partial charge in [0.15, 0.2) is 0 Å². The first-order valence-electron chi connectivity index (χ1n) is 10.2. The molecule has 0 spiro atoms. The zero-order valence-corrected chi connectivity index (χ0v) is 18.0. The van der Waals surface area contributed by atoms with Crippen molar-refractivity contribution in [3.05, 3.63) is 100 Å². The number of nitro groups is 1. The third-order valence-electron chi connectivity index (χ3n) is 4.65. The predicted molar refractivity (Wildman–Crippen MR) is 127 cm³/mol. The molecule has 2 amide bonds. The molecule has 0 bridgehead atoms. The van der Waals surface area contributed by atoms with Gasteiger partial charge in [0.05, 0.1) is 11.5 Å². The Bertz CT molecular complexity index is 1080. The van der Waals surface area contributed by atoms with Crippen LogP contribution < -0.4 is 15.0 Å². The number of benzene rings is 3. The van der Waals surface area contributed by atoms with Crippen molar-refractivity contribution in [3.8, 4) is 5.75 Å². The minimum absolute atomic E-state index is 0.0343. The molecule has 3 rings (SSSR count). The molecule has 7 heteroatoms. The van der Waals surface area contributed by atoms with Gasteiger partial charge in [0.25, 0.3) is 5.69 Å². The lowest BCUT2D eigenvalue weighted by molar-refractivity contribution is -0.384. The van der Waals surface area contributed by atoms with Gasteiger partial charge >= 0.3 is 6.03 Å². The Morgan fingerprint density at radius 3 is 2.28 bits per heavy atom. The molecular weight excluding hydrogens is 406 g/mol. The number of nitrogens with zero attached hydrogens (tertiary/aromatic N) is 2. The second-order valence-corrected chi connectivity index (χ2v) is 7.15. The smallest absolute Gasteiger partial charge is 0.326 e. The van der Waals surface area contributed by atoms with E-state index >= 15 is 0 Å². The third kappa shape index (κ3) is 6.18. The van der Waals surface area contributed by atoms with Crippen LogP contribution in [-0.2, 0) is 0 Å². The summed E-state index contributed by atoms with van der Waals surface area (Å²) < 4.78 is 5.50. The highest BCUT2D eigenvalue weighted by Crippen LogP contribution is 2.23. The van der Waals surface area contributed by atoms with E-state index in [1.807, 2.05) is 74.5 Å². The summed E-state index contributed by atoms with van der Waals surface area (Å²) in [5, 5.41) is 13.7. The Hall–Kier alpha value is -4.13. The summed E-state index contributed by atoms with van der Waals surface area (Å²) in [5.41, 5.74) is 3.18. The van der Waals surface area contributed by atoms with Crippen LogP contribution in [0.2, 0.25) is 0 Å². The maximum absolute atomic E-state index is 13.2. The lowest BCUT2D eigenvalue weighted by Crippen LogP contribution is -2.36. The molecule has 0 radical (unpaired) electrons. The van der Waals surface area contributed by atoms with Crippen LogP contribution in [0.3, 0.4) is 0 Å². The molecule has 0 aliphatic carbocycles. The quantitative estimate of drug-likeness (QED) is 0.343. The minimum Gasteiger partial charge on any atom is -0.494 e. The number of amides is 2. The molecule has 0 unspecified atom stereocenters.